The molecule has 0 radical (unpaired) electrons. The van der Waals surface area contributed by atoms with Crippen molar-refractivity contribution in [2.24, 2.45) is 0 Å². The Morgan fingerprint density at radius 2 is 1.77 bits per heavy atom. The number of amides is 2. The second kappa shape index (κ2) is 7.82. The maximum Gasteiger partial charge on any atom is 0.335 e. The SMILES string of the molecule is O=C(Cc1ccc(C(=O)O)cc1)NC1CCCN(c2ccccc2)C1=O. The van der Waals surface area contributed by atoms with Crippen LogP contribution in [0.1, 0.15) is 28.8 Å². The quantitative estimate of drug-likeness (QED) is 0.864. The second-order valence-electron chi connectivity index (χ2n) is 6.27. The molecule has 1 unspecified atom stereocenters. The lowest BCUT2D eigenvalue weighted by molar-refractivity contribution is -0.128. The van der Waals surface area contributed by atoms with Gasteiger partial charge in [-0.2, -0.15) is 0 Å². The molecule has 1 aliphatic heterocycles. The first-order valence-electron chi connectivity index (χ1n) is 8.52. The lowest BCUT2D eigenvalue weighted by Gasteiger charge is -2.32. The zero-order valence-electron chi connectivity index (χ0n) is 14.2. The van der Waals surface area contributed by atoms with Gasteiger partial charge in [-0.3, -0.25) is 9.59 Å². The van der Waals surface area contributed by atoms with E-state index in [9.17, 15) is 14.4 Å². The molecule has 1 heterocycles. The van der Waals surface area contributed by atoms with Crippen molar-refractivity contribution in [3.8, 4) is 0 Å². The van der Waals surface area contributed by atoms with Crippen LogP contribution >= 0.6 is 0 Å². The van der Waals surface area contributed by atoms with Crippen LogP contribution in [0.3, 0.4) is 0 Å². The summed E-state index contributed by atoms with van der Waals surface area (Å²) in [6.45, 7) is 0.645. The fraction of sp³-hybridized carbons (Fsp3) is 0.250. The van der Waals surface area contributed by atoms with E-state index in [0.717, 1.165) is 12.1 Å². The monoisotopic (exact) mass is 352 g/mol. The van der Waals surface area contributed by atoms with Gasteiger partial charge >= 0.3 is 5.97 Å². The van der Waals surface area contributed by atoms with Gasteiger partial charge in [-0.05, 0) is 42.7 Å². The number of hydrogen-bond donors (Lipinski definition) is 2. The van der Waals surface area contributed by atoms with Gasteiger partial charge in [-0.25, -0.2) is 4.79 Å². The number of nitrogens with one attached hydrogen (secondary N) is 1. The summed E-state index contributed by atoms with van der Waals surface area (Å²) in [6, 6.07) is 15.0. The van der Waals surface area contributed by atoms with E-state index in [1.54, 1.807) is 17.0 Å². The Bertz CT molecular complexity index is 802. The summed E-state index contributed by atoms with van der Waals surface area (Å²) in [5.41, 5.74) is 1.71. The van der Waals surface area contributed by atoms with Gasteiger partial charge in [0.25, 0.3) is 0 Å². The highest BCUT2D eigenvalue weighted by molar-refractivity contribution is 6.00. The Morgan fingerprint density at radius 3 is 2.42 bits per heavy atom. The van der Waals surface area contributed by atoms with Crippen molar-refractivity contribution in [2.75, 3.05) is 11.4 Å². The van der Waals surface area contributed by atoms with Gasteiger partial charge in [0.1, 0.15) is 6.04 Å². The van der Waals surface area contributed by atoms with Crippen molar-refractivity contribution < 1.29 is 19.5 Å². The first kappa shape index (κ1) is 17.7. The molecule has 3 rings (SSSR count). The molecule has 1 fully saturated rings. The molecular formula is C20H20N2O4. The second-order valence-corrected chi connectivity index (χ2v) is 6.27. The molecule has 134 valence electrons. The number of carboxylic acid groups (broad SMARTS) is 1. The van der Waals surface area contributed by atoms with Crippen LogP contribution in [0.4, 0.5) is 5.69 Å². The fourth-order valence-electron chi connectivity index (χ4n) is 3.07. The number of anilines is 1. The molecule has 26 heavy (non-hydrogen) atoms. The van der Waals surface area contributed by atoms with Crippen LogP contribution in [0.2, 0.25) is 0 Å². The number of carboxylic acids is 1. The first-order chi connectivity index (χ1) is 12.5. The van der Waals surface area contributed by atoms with Crippen LogP contribution in [0.5, 0.6) is 0 Å². The third-order valence-electron chi connectivity index (χ3n) is 4.41. The van der Waals surface area contributed by atoms with Crippen LogP contribution in [0.25, 0.3) is 0 Å². The summed E-state index contributed by atoms with van der Waals surface area (Å²) in [6.07, 6.45) is 1.54. The number of carbonyl (C=O) groups is 3. The molecule has 1 aliphatic rings. The van der Waals surface area contributed by atoms with Crippen molar-refractivity contribution >= 4 is 23.5 Å². The molecule has 1 saturated heterocycles. The van der Waals surface area contributed by atoms with E-state index >= 15 is 0 Å². The van der Waals surface area contributed by atoms with E-state index in [0.29, 0.717) is 18.5 Å². The summed E-state index contributed by atoms with van der Waals surface area (Å²) < 4.78 is 0. The summed E-state index contributed by atoms with van der Waals surface area (Å²) in [5.74, 6) is -1.35. The molecule has 6 nitrogen and oxygen atoms in total. The molecule has 6 heteroatoms. The van der Waals surface area contributed by atoms with Crippen molar-refractivity contribution in [1.29, 1.82) is 0 Å². The van der Waals surface area contributed by atoms with Gasteiger partial charge in [0.05, 0.1) is 12.0 Å². The smallest absolute Gasteiger partial charge is 0.335 e. The lowest BCUT2D eigenvalue weighted by atomic mass is 10.0. The van der Waals surface area contributed by atoms with Crippen molar-refractivity contribution in [2.45, 2.75) is 25.3 Å². The Labute approximate surface area is 151 Å². The molecule has 2 aromatic carbocycles. The standard InChI is InChI=1S/C20H20N2O4/c23-18(13-14-8-10-15(11-9-14)20(25)26)21-17-7-4-12-22(19(17)24)16-5-2-1-3-6-16/h1-3,5-6,8-11,17H,4,7,12-13H2,(H,21,23)(H,25,26). The zero-order chi connectivity index (χ0) is 18.5. The number of hydrogen-bond acceptors (Lipinski definition) is 3. The number of nitrogens with zero attached hydrogens (tertiary/aromatic N) is 1. The van der Waals surface area contributed by atoms with Crippen LogP contribution < -0.4 is 10.2 Å². The fourth-order valence-corrected chi connectivity index (χ4v) is 3.07. The highest BCUT2D eigenvalue weighted by Crippen LogP contribution is 2.20. The molecular weight excluding hydrogens is 332 g/mol. The lowest BCUT2D eigenvalue weighted by Crippen LogP contribution is -2.52. The molecule has 0 saturated carbocycles. The van der Waals surface area contributed by atoms with Gasteiger partial charge in [0, 0.05) is 12.2 Å². The Kier molecular flexibility index (Phi) is 5.31. The Morgan fingerprint density at radius 1 is 1.08 bits per heavy atom. The van der Waals surface area contributed by atoms with E-state index in [4.69, 9.17) is 5.11 Å². The summed E-state index contributed by atoms with van der Waals surface area (Å²) >= 11 is 0. The minimum Gasteiger partial charge on any atom is -0.478 e. The largest absolute Gasteiger partial charge is 0.478 e. The predicted molar refractivity (Wildman–Crippen MR) is 97.1 cm³/mol. The number of piperidine rings is 1. The number of rotatable bonds is 5. The van der Waals surface area contributed by atoms with E-state index in [-0.39, 0.29) is 23.8 Å². The highest BCUT2D eigenvalue weighted by Gasteiger charge is 2.30. The zero-order valence-corrected chi connectivity index (χ0v) is 14.2. The van der Waals surface area contributed by atoms with Gasteiger partial charge in [-0.1, -0.05) is 30.3 Å². The summed E-state index contributed by atoms with van der Waals surface area (Å²) in [4.78, 5) is 37.5. The normalized spacial score (nSPS) is 17.0. The van der Waals surface area contributed by atoms with Gasteiger partial charge in [0.15, 0.2) is 0 Å². The maximum atomic E-state index is 12.7. The molecule has 2 N–H and O–H groups in total. The van der Waals surface area contributed by atoms with Gasteiger partial charge in [-0.15, -0.1) is 0 Å². The minimum absolute atomic E-state index is 0.1000. The first-order valence-corrected chi connectivity index (χ1v) is 8.52. The average molecular weight is 352 g/mol. The molecule has 1 atom stereocenters. The topological polar surface area (TPSA) is 86.7 Å². The number of carbonyl (C=O) groups excluding carboxylic acids is 2. The Hall–Kier alpha value is -3.15. The van der Waals surface area contributed by atoms with Gasteiger partial charge < -0.3 is 15.3 Å². The van der Waals surface area contributed by atoms with E-state index in [1.807, 2.05) is 30.3 Å². The van der Waals surface area contributed by atoms with Crippen LogP contribution in [-0.4, -0.2) is 35.5 Å². The van der Waals surface area contributed by atoms with Crippen molar-refractivity contribution in [1.82, 2.24) is 5.32 Å². The number of benzene rings is 2. The van der Waals surface area contributed by atoms with Crippen molar-refractivity contribution in [3.05, 3.63) is 65.7 Å². The molecule has 2 amide bonds. The van der Waals surface area contributed by atoms with E-state index < -0.39 is 12.0 Å². The molecule has 2 aromatic rings. The van der Waals surface area contributed by atoms with Crippen LogP contribution in [-0.2, 0) is 16.0 Å². The maximum absolute atomic E-state index is 12.7. The third kappa shape index (κ3) is 4.08. The third-order valence-corrected chi connectivity index (χ3v) is 4.41. The number of aromatic carboxylic acids is 1. The molecule has 0 bridgehead atoms. The van der Waals surface area contributed by atoms with E-state index in [1.165, 1.54) is 12.1 Å². The Balaban J connectivity index is 1.61. The molecule has 0 spiro atoms. The van der Waals surface area contributed by atoms with Crippen molar-refractivity contribution in [3.63, 3.8) is 0 Å². The minimum atomic E-state index is -1.00. The highest BCUT2D eigenvalue weighted by atomic mass is 16.4. The average Bonchev–Trinajstić information content (AvgIpc) is 2.64. The number of para-hydroxylation sites is 1. The molecule has 0 aliphatic carbocycles. The predicted octanol–water partition coefficient (Wildman–Crippen LogP) is 2.24. The van der Waals surface area contributed by atoms with E-state index in [2.05, 4.69) is 5.32 Å². The van der Waals surface area contributed by atoms with Gasteiger partial charge in [0.2, 0.25) is 11.8 Å². The van der Waals surface area contributed by atoms with Crippen LogP contribution in [0.15, 0.2) is 54.6 Å². The summed E-state index contributed by atoms with van der Waals surface area (Å²) in [7, 11) is 0. The summed E-state index contributed by atoms with van der Waals surface area (Å²) in [5, 5.41) is 11.7. The van der Waals surface area contributed by atoms with Crippen LogP contribution in [0, 0.1) is 0 Å². The molecule has 0 aromatic heterocycles.